The number of aliphatic hydroxyl groups is 1. The molecule has 0 aromatic heterocycles. The number of piperidine rings is 1. The van der Waals surface area contributed by atoms with Crippen molar-refractivity contribution < 1.29 is 9.90 Å². The summed E-state index contributed by atoms with van der Waals surface area (Å²) in [5, 5.41) is 12.8. The van der Waals surface area contributed by atoms with Crippen LogP contribution in [0.5, 0.6) is 0 Å². The van der Waals surface area contributed by atoms with E-state index in [1.807, 2.05) is 35.3 Å². The first-order valence-corrected chi connectivity index (χ1v) is 5.76. The number of amides is 2. The van der Waals surface area contributed by atoms with Gasteiger partial charge in [-0.05, 0) is 25.0 Å². The molecular weight excluding hydrogens is 218 g/mol. The van der Waals surface area contributed by atoms with Crippen LogP contribution >= 0.6 is 0 Å². The predicted octanol–water partition coefficient (Wildman–Crippen LogP) is 0.943. The lowest BCUT2D eigenvalue weighted by Gasteiger charge is -2.37. The second-order valence-corrected chi connectivity index (χ2v) is 4.17. The minimum Gasteiger partial charge on any atom is -0.393 e. The van der Waals surface area contributed by atoms with E-state index in [2.05, 4.69) is 0 Å². The van der Waals surface area contributed by atoms with Crippen LogP contribution < -0.4 is 10.7 Å². The first-order valence-electron chi connectivity index (χ1n) is 5.76. The number of urea groups is 1. The Balaban J connectivity index is 2.16. The van der Waals surface area contributed by atoms with Crippen LogP contribution in [0.25, 0.3) is 0 Å². The molecule has 0 bridgehead atoms. The standard InChI is InChI=1S/C12H17N3O2/c13-12(17)15(10-4-2-1-3-5-10)14-8-6-11(16)7-9-14/h1-5,11,16H,6-9H2,(H2,13,17). The van der Waals surface area contributed by atoms with Crippen molar-refractivity contribution in [1.29, 1.82) is 0 Å². The Morgan fingerprint density at radius 3 is 2.41 bits per heavy atom. The van der Waals surface area contributed by atoms with Crippen LogP contribution in [0.1, 0.15) is 12.8 Å². The van der Waals surface area contributed by atoms with Crippen molar-refractivity contribution in [3.63, 3.8) is 0 Å². The maximum atomic E-state index is 11.5. The molecule has 1 fully saturated rings. The van der Waals surface area contributed by atoms with Gasteiger partial charge < -0.3 is 10.8 Å². The second-order valence-electron chi connectivity index (χ2n) is 4.17. The van der Waals surface area contributed by atoms with Crippen LogP contribution in [-0.4, -0.2) is 35.3 Å². The number of para-hydroxylation sites is 1. The number of benzene rings is 1. The number of carbonyl (C=O) groups excluding carboxylic acids is 1. The molecule has 1 aliphatic heterocycles. The van der Waals surface area contributed by atoms with E-state index in [-0.39, 0.29) is 6.10 Å². The molecule has 1 aromatic rings. The van der Waals surface area contributed by atoms with Crippen LogP contribution in [0, 0.1) is 0 Å². The Morgan fingerprint density at radius 2 is 1.88 bits per heavy atom. The molecule has 0 spiro atoms. The molecule has 0 saturated carbocycles. The van der Waals surface area contributed by atoms with Crippen molar-refractivity contribution in [3.8, 4) is 0 Å². The van der Waals surface area contributed by atoms with Crippen molar-refractivity contribution in [2.24, 2.45) is 5.73 Å². The Bertz CT molecular complexity index is 375. The highest BCUT2D eigenvalue weighted by atomic mass is 16.3. The van der Waals surface area contributed by atoms with E-state index in [0.717, 1.165) is 5.69 Å². The Hall–Kier alpha value is -1.59. The van der Waals surface area contributed by atoms with Crippen LogP contribution in [0.3, 0.4) is 0 Å². The molecule has 0 unspecified atom stereocenters. The number of nitrogens with zero attached hydrogens (tertiary/aromatic N) is 2. The van der Waals surface area contributed by atoms with Gasteiger partial charge in [0.2, 0.25) is 0 Å². The zero-order valence-electron chi connectivity index (χ0n) is 9.62. The van der Waals surface area contributed by atoms with Crippen LogP contribution in [0.15, 0.2) is 30.3 Å². The van der Waals surface area contributed by atoms with Gasteiger partial charge in [-0.15, -0.1) is 0 Å². The third-order valence-electron chi connectivity index (χ3n) is 2.93. The normalized spacial score (nSPS) is 17.9. The van der Waals surface area contributed by atoms with Crippen molar-refractivity contribution in [2.75, 3.05) is 18.1 Å². The highest BCUT2D eigenvalue weighted by molar-refractivity contribution is 5.89. The van der Waals surface area contributed by atoms with Gasteiger partial charge in [0.05, 0.1) is 11.8 Å². The van der Waals surface area contributed by atoms with Gasteiger partial charge in [0.25, 0.3) is 0 Å². The lowest BCUT2D eigenvalue weighted by atomic mass is 10.1. The lowest BCUT2D eigenvalue weighted by molar-refractivity contribution is 0.0803. The molecule has 2 rings (SSSR count). The molecule has 1 saturated heterocycles. The predicted molar refractivity (Wildman–Crippen MR) is 65.3 cm³/mol. The fourth-order valence-corrected chi connectivity index (χ4v) is 2.05. The monoisotopic (exact) mass is 235 g/mol. The molecule has 0 aliphatic carbocycles. The van der Waals surface area contributed by atoms with Gasteiger partial charge in [-0.25, -0.2) is 14.8 Å². The van der Waals surface area contributed by atoms with Gasteiger partial charge in [-0.2, -0.15) is 0 Å². The molecule has 17 heavy (non-hydrogen) atoms. The average molecular weight is 235 g/mol. The maximum absolute atomic E-state index is 11.5. The van der Waals surface area contributed by atoms with E-state index >= 15 is 0 Å². The van der Waals surface area contributed by atoms with Gasteiger partial charge in [0.1, 0.15) is 0 Å². The van der Waals surface area contributed by atoms with Crippen LogP contribution in [-0.2, 0) is 0 Å². The smallest absolute Gasteiger partial charge is 0.334 e. The molecule has 2 amide bonds. The summed E-state index contributed by atoms with van der Waals surface area (Å²) in [6.07, 6.45) is 1.06. The fourth-order valence-electron chi connectivity index (χ4n) is 2.05. The fraction of sp³-hybridized carbons (Fsp3) is 0.417. The van der Waals surface area contributed by atoms with E-state index in [4.69, 9.17) is 5.73 Å². The third kappa shape index (κ3) is 2.75. The van der Waals surface area contributed by atoms with E-state index < -0.39 is 6.03 Å². The zero-order chi connectivity index (χ0) is 12.3. The molecule has 0 atom stereocenters. The highest BCUT2D eigenvalue weighted by Gasteiger charge is 2.25. The molecule has 3 N–H and O–H groups in total. The first kappa shape index (κ1) is 11.9. The summed E-state index contributed by atoms with van der Waals surface area (Å²) in [6, 6.07) is 8.81. The molecule has 1 aliphatic rings. The highest BCUT2D eigenvalue weighted by Crippen LogP contribution is 2.19. The van der Waals surface area contributed by atoms with Crippen molar-refractivity contribution in [1.82, 2.24) is 5.01 Å². The number of primary amides is 1. The molecule has 1 heterocycles. The van der Waals surface area contributed by atoms with Crippen molar-refractivity contribution >= 4 is 11.7 Å². The van der Waals surface area contributed by atoms with Crippen molar-refractivity contribution in [2.45, 2.75) is 18.9 Å². The minimum absolute atomic E-state index is 0.267. The summed E-state index contributed by atoms with van der Waals surface area (Å²) in [5.74, 6) is 0. The molecular formula is C12H17N3O2. The molecule has 5 nitrogen and oxygen atoms in total. The van der Waals surface area contributed by atoms with E-state index in [1.54, 1.807) is 0 Å². The maximum Gasteiger partial charge on any atom is 0.334 e. The van der Waals surface area contributed by atoms with Gasteiger partial charge in [0.15, 0.2) is 0 Å². The Labute approximate surface area is 100 Å². The zero-order valence-corrected chi connectivity index (χ0v) is 9.62. The number of rotatable bonds is 2. The number of aliphatic hydroxyl groups excluding tert-OH is 1. The van der Waals surface area contributed by atoms with Crippen molar-refractivity contribution in [3.05, 3.63) is 30.3 Å². The molecule has 0 radical (unpaired) electrons. The number of hydrogen-bond acceptors (Lipinski definition) is 3. The topological polar surface area (TPSA) is 69.8 Å². The quantitative estimate of drug-likeness (QED) is 0.801. The second kappa shape index (κ2) is 5.16. The lowest BCUT2D eigenvalue weighted by Crippen LogP contribution is -2.53. The van der Waals surface area contributed by atoms with Gasteiger partial charge >= 0.3 is 6.03 Å². The third-order valence-corrected chi connectivity index (χ3v) is 2.93. The molecule has 1 aromatic carbocycles. The largest absolute Gasteiger partial charge is 0.393 e. The van der Waals surface area contributed by atoms with E-state index in [1.165, 1.54) is 5.01 Å². The van der Waals surface area contributed by atoms with Crippen LogP contribution in [0.4, 0.5) is 10.5 Å². The van der Waals surface area contributed by atoms with Gasteiger partial charge in [-0.1, -0.05) is 18.2 Å². The number of nitrogens with two attached hydrogens (primary N) is 1. The van der Waals surface area contributed by atoms with Crippen LogP contribution in [0.2, 0.25) is 0 Å². The summed E-state index contributed by atoms with van der Waals surface area (Å²) in [4.78, 5) is 11.5. The minimum atomic E-state index is -0.493. The summed E-state index contributed by atoms with van der Waals surface area (Å²) >= 11 is 0. The number of carbonyl (C=O) groups is 1. The SMILES string of the molecule is NC(=O)N(c1ccccc1)N1CCC(O)CC1. The first-order chi connectivity index (χ1) is 8.18. The number of hydrogen-bond donors (Lipinski definition) is 2. The van der Waals surface area contributed by atoms with Gasteiger partial charge in [0, 0.05) is 13.1 Å². The van der Waals surface area contributed by atoms with Gasteiger partial charge in [-0.3, -0.25) is 0 Å². The Kier molecular flexibility index (Phi) is 3.61. The molecule has 92 valence electrons. The summed E-state index contributed by atoms with van der Waals surface area (Å²) in [5.41, 5.74) is 6.18. The van der Waals surface area contributed by atoms with E-state index in [0.29, 0.717) is 25.9 Å². The number of hydrazine groups is 1. The summed E-state index contributed by atoms with van der Waals surface area (Å²) in [6.45, 7) is 1.28. The summed E-state index contributed by atoms with van der Waals surface area (Å²) in [7, 11) is 0. The molecule has 5 heteroatoms. The summed E-state index contributed by atoms with van der Waals surface area (Å²) < 4.78 is 0. The Morgan fingerprint density at radius 1 is 1.29 bits per heavy atom. The average Bonchev–Trinajstić information content (AvgIpc) is 2.33. The van der Waals surface area contributed by atoms with E-state index in [9.17, 15) is 9.90 Å². The number of anilines is 1.